The highest BCUT2D eigenvalue weighted by Crippen LogP contribution is 2.23. The van der Waals surface area contributed by atoms with Crippen LogP contribution in [0.15, 0.2) is 22.7 Å². The van der Waals surface area contributed by atoms with E-state index in [1.54, 1.807) is 0 Å². The van der Waals surface area contributed by atoms with Crippen LogP contribution in [0.2, 0.25) is 5.02 Å². The summed E-state index contributed by atoms with van der Waals surface area (Å²) in [5, 5.41) is 0.444. The Morgan fingerprint density at radius 2 is 1.67 bits per heavy atom. The molecule has 0 radical (unpaired) electrons. The summed E-state index contributed by atoms with van der Waals surface area (Å²) in [6.07, 6.45) is 0. The lowest BCUT2D eigenvalue weighted by atomic mass is 10.2. The topological polar surface area (TPSA) is 72.9 Å². The maximum Gasteiger partial charge on any atom is 0.325 e. The molecule has 0 bridgehead atoms. The Morgan fingerprint density at radius 1 is 1.14 bits per heavy atom. The molecule has 0 saturated carbocycles. The number of rotatable bonds is 5. The molecule has 21 heavy (non-hydrogen) atoms. The van der Waals surface area contributed by atoms with Crippen molar-refractivity contribution < 1.29 is 23.9 Å². The average Bonchev–Trinajstić information content (AvgIpc) is 2.48. The van der Waals surface area contributed by atoms with E-state index in [4.69, 9.17) is 11.6 Å². The van der Waals surface area contributed by atoms with Crippen LogP contribution < -0.4 is 0 Å². The summed E-state index contributed by atoms with van der Waals surface area (Å²) in [6.45, 7) is -0.713. The minimum Gasteiger partial charge on any atom is -0.468 e. The molecule has 0 heterocycles. The van der Waals surface area contributed by atoms with Crippen molar-refractivity contribution in [3.05, 3.63) is 33.3 Å². The van der Waals surface area contributed by atoms with Crippen molar-refractivity contribution in [1.29, 1.82) is 0 Å². The highest BCUT2D eigenvalue weighted by Gasteiger charge is 2.22. The fourth-order valence-corrected chi connectivity index (χ4v) is 1.95. The maximum atomic E-state index is 12.4. The number of hydrogen-bond acceptors (Lipinski definition) is 5. The molecule has 0 aliphatic rings. The number of benzene rings is 1. The zero-order valence-electron chi connectivity index (χ0n) is 11.4. The Labute approximate surface area is 135 Å². The fraction of sp³-hybridized carbons (Fsp3) is 0.308. The van der Waals surface area contributed by atoms with E-state index in [1.165, 1.54) is 32.4 Å². The van der Waals surface area contributed by atoms with Gasteiger partial charge in [-0.2, -0.15) is 0 Å². The molecule has 0 aliphatic carbocycles. The molecular formula is C13H13BrClNO5. The van der Waals surface area contributed by atoms with Crippen molar-refractivity contribution >= 4 is 45.4 Å². The number of amides is 1. The van der Waals surface area contributed by atoms with Crippen LogP contribution in [0.3, 0.4) is 0 Å². The summed E-state index contributed by atoms with van der Waals surface area (Å²) in [5.74, 6) is -1.79. The van der Waals surface area contributed by atoms with Crippen molar-refractivity contribution in [2.24, 2.45) is 0 Å². The highest BCUT2D eigenvalue weighted by atomic mass is 79.9. The number of halogens is 2. The normalized spacial score (nSPS) is 9.90. The number of methoxy groups -OCH3 is 2. The monoisotopic (exact) mass is 377 g/mol. The molecule has 1 amide bonds. The molecule has 0 spiro atoms. The molecule has 0 atom stereocenters. The van der Waals surface area contributed by atoms with Crippen LogP contribution in [-0.2, 0) is 19.1 Å². The van der Waals surface area contributed by atoms with E-state index in [0.717, 1.165) is 4.90 Å². The van der Waals surface area contributed by atoms with Gasteiger partial charge in [0.25, 0.3) is 5.91 Å². The number of hydrogen-bond donors (Lipinski definition) is 0. The van der Waals surface area contributed by atoms with E-state index in [0.29, 0.717) is 9.50 Å². The summed E-state index contributed by atoms with van der Waals surface area (Å²) in [6, 6.07) is 4.54. The lowest BCUT2D eigenvalue weighted by molar-refractivity contribution is -0.144. The highest BCUT2D eigenvalue weighted by molar-refractivity contribution is 9.10. The minimum absolute atomic E-state index is 0.277. The predicted octanol–water partition coefficient (Wildman–Crippen LogP) is 1.89. The second-order valence-electron chi connectivity index (χ2n) is 3.94. The molecule has 114 valence electrons. The third kappa shape index (κ3) is 5.02. The lowest BCUT2D eigenvalue weighted by Gasteiger charge is -2.20. The van der Waals surface area contributed by atoms with Gasteiger partial charge in [-0.25, -0.2) is 0 Å². The zero-order valence-corrected chi connectivity index (χ0v) is 13.7. The van der Waals surface area contributed by atoms with Gasteiger partial charge >= 0.3 is 11.9 Å². The van der Waals surface area contributed by atoms with E-state index in [2.05, 4.69) is 25.4 Å². The number of nitrogens with zero attached hydrogens (tertiary/aromatic N) is 1. The first-order valence-corrected chi connectivity index (χ1v) is 6.94. The van der Waals surface area contributed by atoms with Crippen molar-refractivity contribution in [1.82, 2.24) is 4.90 Å². The van der Waals surface area contributed by atoms with E-state index in [9.17, 15) is 14.4 Å². The Bertz CT molecular complexity index is 545. The molecule has 1 aromatic carbocycles. The van der Waals surface area contributed by atoms with Gasteiger partial charge in [0.1, 0.15) is 13.1 Å². The van der Waals surface area contributed by atoms with Gasteiger partial charge in [-0.3, -0.25) is 14.4 Å². The molecule has 0 aliphatic heterocycles. The lowest BCUT2D eigenvalue weighted by Crippen LogP contribution is -2.40. The van der Waals surface area contributed by atoms with Gasteiger partial charge in [-0.1, -0.05) is 11.6 Å². The van der Waals surface area contributed by atoms with Crippen LogP contribution in [0, 0.1) is 0 Å². The van der Waals surface area contributed by atoms with Gasteiger partial charge in [0, 0.05) is 10.0 Å². The van der Waals surface area contributed by atoms with Crippen LogP contribution >= 0.6 is 27.5 Å². The van der Waals surface area contributed by atoms with Crippen molar-refractivity contribution in [2.45, 2.75) is 0 Å². The zero-order chi connectivity index (χ0) is 16.0. The largest absolute Gasteiger partial charge is 0.468 e. The third-order valence-electron chi connectivity index (χ3n) is 2.55. The summed E-state index contributed by atoms with van der Waals surface area (Å²) in [4.78, 5) is 36.1. The second kappa shape index (κ2) is 7.99. The molecule has 6 nitrogen and oxygen atoms in total. The summed E-state index contributed by atoms with van der Waals surface area (Å²) in [7, 11) is 2.39. The van der Waals surface area contributed by atoms with Gasteiger partial charge in [0.2, 0.25) is 0 Å². The minimum atomic E-state index is -0.639. The van der Waals surface area contributed by atoms with Crippen LogP contribution in [-0.4, -0.2) is 50.1 Å². The summed E-state index contributed by atoms with van der Waals surface area (Å²) < 4.78 is 9.55. The summed E-state index contributed by atoms with van der Waals surface area (Å²) >= 11 is 9.07. The molecule has 1 aromatic rings. The standard InChI is InChI=1S/C13H13BrClNO5/c1-20-11(17)6-16(7-12(18)21-2)13(19)8-3-4-10(15)9(14)5-8/h3-5H,6-7H2,1-2H3. The van der Waals surface area contributed by atoms with E-state index < -0.39 is 17.8 Å². The maximum absolute atomic E-state index is 12.4. The van der Waals surface area contributed by atoms with E-state index >= 15 is 0 Å². The Morgan fingerprint density at radius 3 is 2.10 bits per heavy atom. The first-order chi connectivity index (χ1) is 9.88. The third-order valence-corrected chi connectivity index (χ3v) is 3.76. The molecule has 0 unspecified atom stereocenters. The average molecular weight is 379 g/mol. The predicted molar refractivity (Wildman–Crippen MR) is 79.1 cm³/mol. The molecule has 8 heteroatoms. The van der Waals surface area contributed by atoms with Crippen LogP contribution in [0.1, 0.15) is 10.4 Å². The van der Waals surface area contributed by atoms with Gasteiger partial charge in [-0.15, -0.1) is 0 Å². The van der Waals surface area contributed by atoms with Crippen molar-refractivity contribution in [3.8, 4) is 0 Å². The smallest absolute Gasteiger partial charge is 0.325 e. The Balaban J connectivity index is 2.99. The van der Waals surface area contributed by atoms with E-state index in [-0.39, 0.29) is 18.7 Å². The Hall–Kier alpha value is -1.60. The van der Waals surface area contributed by atoms with Crippen molar-refractivity contribution in [3.63, 3.8) is 0 Å². The molecule has 0 aromatic heterocycles. The first-order valence-electron chi connectivity index (χ1n) is 5.77. The number of esters is 2. The van der Waals surface area contributed by atoms with Crippen molar-refractivity contribution in [2.75, 3.05) is 27.3 Å². The fourth-order valence-electron chi connectivity index (χ4n) is 1.45. The van der Waals surface area contributed by atoms with E-state index in [1.807, 2.05) is 0 Å². The van der Waals surface area contributed by atoms with Crippen LogP contribution in [0.4, 0.5) is 0 Å². The molecule has 1 rings (SSSR count). The molecule has 0 fully saturated rings. The Kier molecular flexibility index (Phi) is 6.64. The number of carbonyl (C=O) groups is 3. The number of ether oxygens (including phenoxy) is 2. The van der Waals surface area contributed by atoms with Gasteiger partial charge in [0.15, 0.2) is 0 Å². The van der Waals surface area contributed by atoms with Gasteiger partial charge < -0.3 is 14.4 Å². The second-order valence-corrected chi connectivity index (χ2v) is 5.20. The number of carbonyl (C=O) groups excluding carboxylic acids is 3. The van der Waals surface area contributed by atoms with Crippen LogP contribution in [0.5, 0.6) is 0 Å². The summed E-state index contributed by atoms with van der Waals surface area (Å²) in [5.41, 5.74) is 0.277. The first kappa shape index (κ1) is 17.5. The molecule has 0 N–H and O–H groups in total. The molecule has 0 saturated heterocycles. The van der Waals surface area contributed by atoms with Gasteiger partial charge in [-0.05, 0) is 34.1 Å². The molecular weight excluding hydrogens is 366 g/mol. The quantitative estimate of drug-likeness (QED) is 0.732. The van der Waals surface area contributed by atoms with Crippen LogP contribution in [0.25, 0.3) is 0 Å². The van der Waals surface area contributed by atoms with Gasteiger partial charge in [0.05, 0.1) is 19.2 Å². The SMILES string of the molecule is COC(=O)CN(CC(=O)OC)C(=O)c1ccc(Cl)c(Br)c1.